The summed E-state index contributed by atoms with van der Waals surface area (Å²) in [6.45, 7) is 6.39. The van der Waals surface area contributed by atoms with E-state index in [9.17, 15) is 4.79 Å². The molecule has 22 heavy (non-hydrogen) atoms. The van der Waals surface area contributed by atoms with Crippen molar-refractivity contribution in [3.8, 4) is 11.3 Å². The SMILES string of the molecule is CCOC(=O)c1n[nH]nc1-c1ccc(N2CCCC2)c(C)c1. The number of aromatic nitrogens is 3. The topological polar surface area (TPSA) is 71.1 Å². The lowest BCUT2D eigenvalue weighted by Gasteiger charge is -2.20. The van der Waals surface area contributed by atoms with E-state index in [1.165, 1.54) is 24.1 Å². The molecule has 0 atom stereocenters. The van der Waals surface area contributed by atoms with E-state index in [1.807, 2.05) is 12.1 Å². The van der Waals surface area contributed by atoms with Gasteiger partial charge in [0.05, 0.1) is 6.61 Å². The first-order chi connectivity index (χ1) is 10.7. The maximum absolute atomic E-state index is 11.9. The summed E-state index contributed by atoms with van der Waals surface area (Å²) in [5.74, 6) is -0.451. The third-order valence-electron chi connectivity index (χ3n) is 3.93. The molecule has 0 bridgehead atoms. The molecule has 0 unspecified atom stereocenters. The molecule has 0 amide bonds. The number of nitrogens with one attached hydrogen (secondary N) is 1. The summed E-state index contributed by atoms with van der Waals surface area (Å²) in [7, 11) is 0. The Bertz CT molecular complexity index is 675. The number of rotatable bonds is 4. The summed E-state index contributed by atoms with van der Waals surface area (Å²) in [4.78, 5) is 14.3. The lowest BCUT2D eigenvalue weighted by molar-refractivity contribution is 0.0520. The van der Waals surface area contributed by atoms with E-state index in [0.29, 0.717) is 12.3 Å². The van der Waals surface area contributed by atoms with Gasteiger partial charge in [-0.05, 0) is 44.4 Å². The lowest BCUT2D eigenvalue weighted by atomic mass is 10.0. The molecule has 1 aliphatic heterocycles. The van der Waals surface area contributed by atoms with Gasteiger partial charge in [0.25, 0.3) is 0 Å². The number of esters is 1. The molecule has 0 saturated carbocycles. The van der Waals surface area contributed by atoms with E-state index in [2.05, 4.69) is 33.3 Å². The number of carbonyl (C=O) groups is 1. The van der Waals surface area contributed by atoms with Crippen molar-refractivity contribution in [3.05, 3.63) is 29.5 Å². The minimum atomic E-state index is -0.451. The minimum Gasteiger partial charge on any atom is -0.461 e. The van der Waals surface area contributed by atoms with Gasteiger partial charge in [0.15, 0.2) is 5.69 Å². The van der Waals surface area contributed by atoms with Crippen molar-refractivity contribution in [2.75, 3.05) is 24.6 Å². The molecule has 6 heteroatoms. The minimum absolute atomic E-state index is 0.232. The maximum Gasteiger partial charge on any atom is 0.361 e. The van der Waals surface area contributed by atoms with Crippen LogP contribution in [0.5, 0.6) is 0 Å². The first kappa shape index (κ1) is 14.6. The van der Waals surface area contributed by atoms with Crippen LogP contribution in [0.2, 0.25) is 0 Å². The summed E-state index contributed by atoms with van der Waals surface area (Å²) >= 11 is 0. The largest absolute Gasteiger partial charge is 0.461 e. The number of aromatic amines is 1. The third-order valence-corrected chi connectivity index (χ3v) is 3.93. The zero-order chi connectivity index (χ0) is 15.5. The van der Waals surface area contributed by atoms with Crippen molar-refractivity contribution >= 4 is 11.7 Å². The molecule has 1 aromatic heterocycles. The Morgan fingerprint density at radius 2 is 2.09 bits per heavy atom. The highest BCUT2D eigenvalue weighted by atomic mass is 16.5. The van der Waals surface area contributed by atoms with Crippen LogP contribution in [0.1, 0.15) is 35.8 Å². The zero-order valence-corrected chi connectivity index (χ0v) is 12.9. The fourth-order valence-corrected chi connectivity index (χ4v) is 2.89. The van der Waals surface area contributed by atoms with Crippen LogP contribution < -0.4 is 4.90 Å². The van der Waals surface area contributed by atoms with Gasteiger partial charge in [-0.2, -0.15) is 10.3 Å². The second-order valence-corrected chi connectivity index (χ2v) is 5.44. The number of nitrogens with zero attached hydrogens (tertiary/aromatic N) is 3. The number of hydrogen-bond donors (Lipinski definition) is 1. The Balaban J connectivity index is 1.91. The first-order valence-electron chi connectivity index (χ1n) is 7.64. The highest BCUT2D eigenvalue weighted by molar-refractivity contribution is 5.94. The molecule has 0 spiro atoms. The fraction of sp³-hybridized carbons (Fsp3) is 0.438. The average Bonchev–Trinajstić information content (AvgIpc) is 3.19. The van der Waals surface area contributed by atoms with Crippen LogP contribution in [0.4, 0.5) is 5.69 Å². The Hall–Kier alpha value is -2.37. The van der Waals surface area contributed by atoms with Crippen LogP contribution >= 0.6 is 0 Å². The van der Waals surface area contributed by atoms with Crippen LogP contribution in [0.25, 0.3) is 11.3 Å². The van der Waals surface area contributed by atoms with Crippen molar-refractivity contribution in [1.82, 2.24) is 15.4 Å². The molecule has 3 rings (SSSR count). The van der Waals surface area contributed by atoms with E-state index < -0.39 is 5.97 Å². The van der Waals surface area contributed by atoms with Gasteiger partial charge < -0.3 is 9.64 Å². The third kappa shape index (κ3) is 2.68. The molecule has 0 radical (unpaired) electrons. The maximum atomic E-state index is 11.9. The van der Waals surface area contributed by atoms with Crippen molar-refractivity contribution in [1.29, 1.82) is 0 Å². The lowest BCUT2D eigenvalue weighted by Crippen LogP contribution is -2.18. The van der Waals surface area contributed by atoms with Gasteiger partial charge in [-0.15, -0.1) is 5.10 Å². The molecule has 6 nitrogen and oxygen atoms in total. The molecule has 1 fully saturated rings. The van der Waals surface area contributed by atoms with Gasteiger partial charge in [-0.3, -0.25) is 0 Å². The number of carbonyl (C=O) groups excluding carboxylic acids is 1. The Labute approximate surface area is 129 Å². The van der Waals surface area contributed by atoms with Gasteiger partial charge in [-0.25, -0.2) is 4.79 Å². The molecule has 0 aliphatic carbocycles. The predicted octanol–water partition coefficient (Wildman–Crippen LogP) is 2.56. The van der Waals surface area contributed by atoms with Gasteiger partial charge >= 0.3 is 5.97 Å². The number of hydrogen-bond acceptors (Lipinski definition) is 5. The number of benzene rings is 1. The molecular formula is C16H20N4O2. The number of anilines is 1. The van der Waals surface area contributed by atoms with Gasteiger partial charge in [0, 0.05) is 24.3 Å². The monoisotopic (exact) mass is 300 g/mol. The van der Waals surface area contributed by atoms with Gasteiger partial charge in [0.2, 0.25) is 0 Å². The average molecular weight is 300 g/mol. The van der Waals surface area contributed by atoms with Crippen molar-refractivity contribution in [2.24, 2.45) is 0 Å². The van der Waals surface area contributed by atoms with Crippen molar-refractivity contribution in [3.63, 3.8) is 0 Å². The molecule has 1 aliphatic rings. The van der Waals surface area contributed by atoms with E-state index >= 15 is 0 Å². The number of ether oxygens (including phenoxy) is 1. The Kier molecular flexibility index (Phi) is 4.09. The summed E-state index contributed by atoms with van der Waals surface area (Å²) in [5, 5.41) is 10.5. The molecule has 2 aromatic rings. The number of H-pyrrole nitrogens is 1. The van der Waals surface area contributed by atoms with Crippen LogP contribution in [0.3, 0.4) is 0 Å². The molecule has 1 saturated heterocycles. The molecule has 1 aromatic carbocycles. The zero-order valence-electron chi connectivity index (χ0n) is 12.9. The second-order valence-electron chi connectivity index (χ2n) is 5.44. The highest BCUT2D eigenvalue weighted by Gasteiger charge is 2.20. The van der Waals surface area contributed by atoms with Crippen LogP contribution in [-0.4, -0.2) is 41.1 Å². The van der Waals surface area contributed by atoms with Crippen LogP contribution in [0.15, 0.2) is 18.2 Å². The summed E-state index contributed by atoms with van der Waals surface area (Å²) in [6, 6.07) is 6.13. The molecular weight excluding hydrogens is 280 g/mol. The van der Waals surface area contributed by atoms with E-state index in [1.54, 1.807) is 6.92 Å². The highest BCUT2D eigenvalue weighted by Crippen LogP contribution is 2.29. The standard InChI is InChI=1S/C16H20N4O2/c1-3-22-16(21)15-14(17-19-18-15)12-6-7-13(11(2)10-12)20-8-4-5-9-20/h6-7,10H,3-5,8-9H2,1-2H3,(H,17,18,19). The summed E-state index contributed by atoms with van der Waals surface area (Å²) < 4.78 is 5.01. The molecule has 1 N–H and O–H groups in total. The molecule has 116 valence electrons. The normalized spacial score (nSPS) is 14.4. The first-order valence-corrected chi connectivity index (χ1v) is 7.64. The fourth-order valence-electron chi connectivity index (χ4n) is 2.89. The Morgan fingerprint density at radius 1 is 1.32 bits per heavy atom. The van der Waals surface area contributed by atoms with E-state index in [-0.39, 0.29) is 5.69 Å². The second kappa shape index (κ2) is 6.17. The Morgan fingerprint density at radius 3 is 2.77 bits per heavy atom. The van der Waals surface area contributed by atoms with E-state index in [4.69, 9.17) is 4.74 Å². The van der Waals surface area contributed by atoms with Crippen LogP contribution in [0, 0.1) is 6.92 Å². The van der Waals surface area contributed by atoms with Crippen LogP contribution in [-0.2, 0) is 4.74 Å². The predicted molar refractivity (Wildman–Crippen MR) is 84.0 cm³/mol. The van der Waals surface area contributed by atoms with Crippen molar-refractivity contribution in [2.45, 2.75) is 26.7 Å². The smallest absolute Gasteiger partial charge is 0.361 e. The van der Waals surface area contributed by atoms with Crippen molar-refractivity contribution < 1.29 is 9.53 Å². The molecule has 2 heterocycles. The van der Waals surface area contributed by atoms with E-state index in [0.717, 1.165) is 18.7 Å². The number of aryl methyl sites for hydroxylation is 1. The summed E-state index contributed by atoms with van der Waals surface area (Å²) in [5.41, 5.74) is 4.07. The van der Waals surface area contributed by atoms with Gasteiger partial charge in [0.1, 0.15) is 5.69 Å². The quantitative estimate of drug-likeness (QED) is 0.879. The van der Waals surface area contributed by atoms with Gasteiger partial charge in [-0.1, -0.05) is 6.07 Å². The summed E-state index contributed by atoms with van der Waals surface area (Å²) in [6.07, 6.45) is 2.50.